The SMILES string of the molecule is O.O=P([O-])([O-])[O-].[K+]. The Morgan fingerprint density at radius 3 is 1.14 bits per heavy atom. The van der Waals surface area contributed by atoms with Crippen LogP contribution in [0.3, 0.4) is 0 Å². The Hall–Kier alpha value is 1.71. The third kappa shape index (κ3) is 86.2. The van der Waals surface area contributed by atoms with Gasteiger partial charge in [-0.15, -0.1) is 0 Å². The molecule has 0 radical (unpaired) electrons. The Morgan fingerprint density at radius 1 is 1.14 bits per heavy atom. The normalized spacial score (nSPS) is 8.43. The smallest absolute Gasteiger partial charge is 0.822 e. The van der Waals surface area contributed by atoms with E-state index < -0.39 is 7.82 Å². The van der Waals surface area contributed by atoms with Crippen molar-refractivity contribution in [1.82, 2.24) is 0 Å². The van der Waals surface area contributed by atoms with E-state index in [-0.39, 0.29) is 56.9 Å². The van der Waals surface area contributed by atoms with Gasteiger partial charge in [-0.05, 0) is 0 Å². The number of rotatable bonds is 0. The van der Waals surface area contributed by atoms with Gasteiger partial charge in [0.1, 0.15) is 0 Å². The Bertz CT molecular complexity index is 54.2. The van der Waals surface area contributed by atoms with E-state index in [1.807, 2.05) is 0 Å². The average Bonchev–Trinajstić information content (AvgIpc) is 0.722. The topological polar surface area (TPSA) is 118 Å². The first kappa shape index (κ1) is 15.9. The fraction of sp³-hybridized carbons (Fsp3) is 0. The molecule has 0 saturated heterocycles. The summed E-state index contributed by atoms with van der Waals surface area (Å²) in [7, 11) is -5.39. The van der Waals surface area contributed by atoms with E-state index in [1.165, 1.54) is 0 Å². The molecular weight excluding hydrogens is 150 g/mol. The Balaban J connectivity index is -0.0000000800. The zero-order valence-corrected chi connectivity index (χ0v) is 7.60. The molecule has 0 saturated carbocycles. The maximum absolute atomic E-state index is 8.55. The van der Waals surface area contributed by atoms with Gasteiger partial charge < -0.3 is 24.7 Å². The molecule has 0 aromatic rings. The molecule has 40 valence electrons. The van der Waals surface area contributed by atoms with Gasteiger partial charge in [0.15, 0.2) is 0 Å². The van der Waals surface area contributed by atoms with E-state index in [0.717, 1.165) is 0 Å². The van der Waals surface area contributed by atoms with E-state index in [2.05, 4.69) is 0 Å². The molecule has 0 atom stereocenters. The van der Waals surface area contributed by atoms with E-state index in [4.69, 9.17) is 19.2 Å². The first-order valence-corrected chi connectivity index (χ1v) is 2.19. The van der Waals surface area contributed by atoms with Gasteiger partial charge in [-0.3, -0.25) is 0 Å². The Kier molecular flexibility index (Phi) is 13.2. The molecule has 0 spiro atoms. The van der Waals surface area contributed by atoms with Gasteiger partial charge in [-0.25, -0.2) is 0 Å². The quantitative estimate of drug-likeness (QED) is 0.253. The van der Waals surface area contributed by atoms with Crippen LogP contribution in [0.15, 0.2) is 0 Å². The summed E-state index contributed by atoms with van der Waals surface area (Å²) >= 11 is 0. The predicted octanol–water partition coefficient (Wildman–Crippen LogP) is -6.65. The summed E-state index contributed by atoms with van der Waals surface area (Å²) in [4.78, 5) is 25.6. The van der Waals surface area contributed by atoms with Crippen molar-refractivity contribution in [2.45, 2.75) is 0 Å². The summed E-state index contributed by atoms with van der Waals surface area (Å²) in [6.07, 6.45) is 0. The molecule has 2 N–H and O–H groups in total. The minimum atomic E-state index is -5.39. The average molecular weight is 152 g/mol. The largest absolute Gasteiger partial charge is 1.00 e. The van der Waals surface area contributed by atoms with Crippen LogP contribution in [0.4, 0.5) is 0 Å². The van der Waals surface area contributed by atoms with Gasteiger partial charge in [0.2, 0.25) is 0 Å². The third-order valence-corrected chi connectivity index (χ3v) is 0. The van der Waals surface area contributed by atoms with E-state index in [0.29, 0.717) is 0 Å². The predicted molar refractivity (Wildman–Crippen MR) is 11.2 cm³/mol. The van der Waals surface area contributed by atoms with Crippen molar-refractivity contribution in [2.75, 3.05) is 0 Å². The molecule has 0 aromatic heterocycles. The van der Waals surface area contributed by atoms with E-state index >= 15 is 0 Å². The Labute approximate surface area is 82.7 Å². The summed E-state index contributed by atoms with van der Waals surface area (Å²) in [6.45, 7) is 0. The molecule has 0 fully saturated rings. The van der Waals surface area contributed by atoms with Crippen LogP contribution in [0.1, 0.15) is 0 Å². The van der Waals surface area contributed by atoms with Crippen LogP contribution in [-0.4, -0.2) is 5.48 Å². The first-order chi connectivity index (χ1) is 2.00. The zero-order chi connectivity index (χ0) is 4.50. The fourth-order valence-electron chi connectivity index (χ4n) is 0. The second kappa shape index (κ2) is 5.84. The molecule has 5 nitrogen and oxygen atoms in total. The monoisotopic (exact) mass is 152 g/mol. The van der Waals surface area contributed by atoms with Crippen LogP contribution in [0, 0.1) is 0 Å². The summed E-state index contributed by atoms with van der Waals surface area (Å²) < 4.78 is 8.55. The second-order valence-corrected chi connectivity index (χ2v) is 1.34. The van der Waals surface area contributed by atoms with Gasteiger partial charge in [-0.1, -0.05) is 0 Å². The van der Waals surface area contributed by atoms with E-state index in [9.17, 15) is 0 Å². The Morgan fingerprint density at radius 2 is 1.14 bits per heavy atom. The van der Waals surface area contributed by atoms with Crippen molar-refractivity contribution < 1.29 is 76.1 Å². The van der Waals surface area contributed by atoms with Gasteiger partial charge in [-0.2, -0.15) is 7.82 Å². The van der Waals surface area contributed by atoms with Crippen LogP contribution in [0.25, 0.3) is 0 Å². The summed E-state index contributed by atoms with van der Waals surface area (Å²) in [5, 5.41) is 0. The molecule has 0 unspecified atom stereocenters. The van der Waals surface area contributed by atoms with Crippen LogP contribution in [0.5, 0.6) is 0 Å². The number of phosphoric acid groups is 1. The zero-order valence-electron chi connectivity index (χ0n) is 3.58. The van der Waals surface area contributed by atoms with Gasteiger partial charge in [0, 0.05) is 0 Å². The third-order valence-electron chi connectivity index (χ3n) is 0. The molecule has 0 aliphatic heterocycles. The van der Waals surface area contributed by atoms with Crippen molar-refractivity contribution in [3.05, 3.63) is 0 Å². The summed E-state index contributed by atoms with van der Waals surface area (Å²) in [6, 6.07) is 0. The standard InChI is InChI=1S/K.H3O4P.H2O/c;1-5(2,3)4;/h;(H3,1,2,3,4);1H2/q+1;;/p-3. The molecule has 7 heavy (non-hydrogen) atoms. The van der Waals surface area contributed by atoms with Crippen molar-refractivity contribution in [2.24, 2.45) is 0 Å². The van der Waals surface area contributed by atoms with Gasteiger partial charge in [0.25, 0.3) is 0 Å². The second-order valence-electron chi connectivity index (χ2n) is 0.447. The molecule has 0 aliphatic rings. The molecule has 0 amide bonds. The summed E-state index contributed by atoms with van der Waals surface area (Å²) in [5.74, 6) is 0. The van der Waals surface area contributed by atoms with Gasteiger partial charge in [0.05, 0.1) is 0 Å². The minimum Gasteiger partial charge on any atom is -0.822 e. The fourth-order valence-corrected chi connectivity index (χ4v) is 0. The molecule has 7 heteroatoms. The maximum atomic E-state index is 8.55. The van der Waals surface area contributed by atoms with Crippen LogP contribution < -0.4 is 66.1 Å². The molecule has 0 bridgehead atoms. The molecule has 0 rings (SSSR count). The van der Waals surface area contributed by atoms with Crippen LogP contribution in [0.2, 0.25) is 0 Å². The first-order valence-electron chi connectivity index (χ1n) is 0.730. The molecule has 0 heterocycles. The van der Waals surface area contributed by atoms with Crippen molar-refractivity contribution in [3.8, 4) is 0 Å². The number of hydrogen-bond acceptors (Lipinski definition) is 4. The van der Waals surface area contributed by atoms with Crippen LogP contribution in [-0.2, 0) is 4.57 Å². The van der Waals surface area contributed by atoms with Crippen molar-refractivity contribution >= 4 is 7.82 Å². The molecular formula is H2KO5P-2. The maximum Gasteiger partial charge on any atom is 1.00 e. The summed E-state index contributed by atoms with van der Waals surface area (Å²) in [5.41, 5.74) is 0. The van der Waals surface area contributed by atoms with Gasteiger partial charge >= 0.3 is 51.4 Å². The minimum absolute atomic E-state index is 0. The molecule has 0 aromatic carbocycles. The van der Waals surface area contributed by atoms with E-state index in [1.54, 1.807) is 0 Å². The van der Waals surface area contributed by atoms with Crippen LogP contribution >= 0.6 is 7.82 Å². The van der Waals surface area contributed by atoms with Crippen molar-refractivity contribution in [3.63, 3.8) is 0 Å². The number of hydrogen-bond donors (Lipinski definition) is 0. The molecule has 0 aliphatic carbocycles. The van der Waals surface area contributed by atoms with Crippen molar-refractivity contribution in [1.29, 1.82) is 0 Å².